The van der Waals surface area contributed by atoms with E-state index >= 15 is 0 Å². The predicted molar refractivity (Wildman–Crippen MR) is 94.4 cm³/mol. The van der Waals surface area contributed by atoms with Crippen LogP contribution in [0.15, 0.2) is 52.3 Å². The fourth-order valence-corrected chi connectivity index (χ4v) is 4.81. The smallest absolute Gasteiger partial charge is 0.0556 e. The van der Waals surface area contributed by atoms with Crippen LogP contribution >= 0.6 is 11.8 Å². The van der Waals surface area contributed by atoms with Crippen molar-refractivity contribution in [2.45, 2.75) is 35.6 Å². The van der Waals surface area contributed by atoms with E-state index in [1.54, 1.807) is 0 Å². The van der Waals surface area contributed by atoms with Crippen LogP contribution in [0.3, 0.4) is 0 Å². The third kappa shape index (κ3) is 2.42. The van der Waals surface area contributed by atoms with Gasteiger partial charge in [-0.2, -0.15) is 0 Å². The second-order valence-corrected chi connectivity index (χ2v) is 7.55. The Labute approximate surface area is 137 Å². The molecule has 0 aromatic heterocycles. The number of hydrogen-bond acceptors (Lipinski definition) is 3. The molecule has 0 saturated carbocycles. The Morgan fingerprint density at radius 3 is 2.73 bits per heavy atom. The molecule has 4 rings (SSSR count). The van der Waals surface area contributed by atoms with Gasteiger partial charge in [-0.3, -0.25) is 0 Å². The monoisotopic (exact) mass is 310 g/mol. The van der Waals surface area contributed by atoms with E-state index < -0.39 is 0 Å². The van der Waals surface area contributed by atoms with Gasteiger partial charge in [0.25, 0.3) is 0 Å². The third-order valence-corrected chi connectivity index (χ3v) is 5.80. The third-order valence-electron chi connectivity index (χ3n) is 4.68. The van der Waals surface area contributed by atoms with Gasteiger partial charge in [0.1, 0.15) is 0 Å². The molecule has 1 fully saturated rings. The summed E-state index contributed by atoms with van der Waals surface area (Å²) in [5.74, 6) is 0. The molecule has 0 N–H and O–H groups in total. The minimum absolute atomic E-state index is 0.572. The molecular formula is C19H22N2S. The highest BCUT2D eigenvalue weighted by Gasteiger charge is 2.31. The quantitative estimate of drug-likeness (QED) is 0.754. The van der Waals surface area contributed by atoms with Gasteiger partial charge in [0.05, 0.1) is 11.4 Å². The Morgan fingerprint density at radius 1 is 1.05 bits per heavy atom. The van der Waals surface area contributed by atoms with Crippen molar-refractivity contribution in [3.63, 3.8) is 0 Å². The van der Waals surface area contributed by atoms with Gasteiger partial charge < -0.3 is 9.80 Å². The van der Waals surface area contributed by atoms with Gasteiger partial charge in [0.2, 0.25) is 0 Å². The molecule has 1 atom stereocenters. The van der Waals surface area contributed by atoms with Crippen LogP contribution in [0.5, 0.6) is 0 Å². The van der Waals surface area contributed by atoms with Crippen LogP contribution in [-0.4, -0.2) is 31.1 Å². The average Bonchev–Trinajstić information content (AvgIpc) is 2.52. The summed E-state index contributed by atoms with van der Waals surface area (Å²) in [5, 5.41) is 0. The Bertz CT molecular complexity index is 698. The molecule has 22 heavy (non-hydrogen) atoms. The second-order valence-electron chi connectivity index (χ2n) is 6.47. The number of likely N-dealkylation sites (N-methyl/N-ethyl adjacent to an activating group) is 1. The minimum Gasteiger partial charge on any atom is -0.335 e. The van der Waals surface area contributed by atoms with Crippen LogP contribution in [0.4, 0.5) is 11.4 Å². The molecule has 0 spiro atoms. The molecule has 2 aromatic carbocycles. The minimum atomic E-state index is 0.572. The maximum atomic E-state index is 2.59. The second kappa shape index (κ2) is 5.64. The van der Waals surface area contributed by atoms with Crippen molar-refractivity contribution in [3.05, 3.63) is 48.0 Å². The number of fused-ring (bicyclic) bond motifs is 2. The number of rotatable bonds is 1. The lowest BCUT2D eigenvalue weighted by Crippen LogP contribution is -2.45. The molecule has 0 aliphatic carbocycles. The summed E-state index contributed by atoms with van der Waals surface area (Å²) in [6.45, 7) is 4.55. The van der Waals surface area contributed by atoms with Gasteiger partial charge >= 0.3 is 0 Å². The lowest BCUT2D eigenvalue weighted by atomic mass is 10.0. The van der Waals surface area contributed by atoms with E-state index in [1.807, 2.05) is 11.8 Å². The van der Waals surface area contributed by atoms with Gasteiger partial charge in [-0.1, -0.05) is 30.0 Å². The molecule has 0 radical (unpaired) electrons. The Hall–Kier alpha value is -1.45. The normalized spacial score (nSPS) is 21.4. The molecule has 2 aromatic rings. The van der Waals surface area contributed by atoms with E-state index in [-0.39, 0.29) is 0 Å². The number of hydrogen-bond donors (Lipinski definition) is 0. The first kappa shape index (κ1) is 14.2. The maximum absolute atomic E-state index is 2.59. The van der Waals surface area contributed by atoms with E-state index in [0.29, 0.717) is 6.04 Å². The lowest BCUT2D eigenvalue weighted by Gasteiger charge is -2.42. The average molecular weight is 310 g/mol. The number of nitrogens with zero attached hydrogens (tertiary/aromatic N) is 2. The van der Waals surface area contributed by atoms with Crippen LogP contribution in [-0.2, 0) is 0 Å². The maximum Gasteiger partial charge on any atom is 0.0556 e. The molecule has 0 amide bonds. The van der Waals surface area contributed by atoms with Crippen molar-refractivity contribution in [2.24, 2.45) is 0 Å². The lowest BCUT2D eigenvalue weighted by molar-refractivity contribution is 0.250. The summed E-state index contributed by atoms with van der Waals surface area (Å²) in [4.78, 5) is 7.84. The van der Waals surface area contributed by atoms with E-state index in [1.165, 1.54) is 46.1 Å². The number of likely N-dealkylation sites (tertiary alicyclic amines) is 1. The fraction of sp³-hybridized carbons (Fsp3) is 0.368. The van der Waals surface area contributed by atoms with Crippen molar-refractivity contribution >= 4 is 23.1 Å². The summed E-state index contributed by atoms with van der Waals surface area (Å²) < 4.78 is 0. The van der Waals surface area contributed by atoms with E-state index in [0.717, 1.165) is 6.54 Å². The molecule has 114 valence electrons. The molecular weight excluding hydrogens is 288 g/mol. The Morgan fingerprint density at radius 2 is 1.86 bits per heavy atom. The summed E-state index contributed by atoms with van der Waals surface area (Å²) >= 11 is 1.91. The fourth-order valence-electron chi connectivity index (χ4n) is 3.64. The molecule has 2 aliphatic rings. The summed E-state index contributed by atoms with van der Waals surface area (Å²) in [6, 6.07) is 16.3. The van der Waals surface area contributed by atoms with Crippen LogP contribution in [0.25, 0.3) is 0 Å². The zero-order valence-electron chi connectivity index (χ0n) is 13.2. The van der Waals surface area contributed by atoms with E-state index in [2.05, 4.69) is 66.2 Å². The summed E-state index contributed by atoms with van der Waals surface area (Å²) in [6.07, 6.45) is 2.56. The Balaban J connectivity index is 1.82. The number of benzene rings is 2. The number of anilines is 2. The van der Waals surface area contributed by atoms with Crippen LogP contribution in [0, 0.1) is 6.92 Å². The highest BCUT2D eigenvalue weighted by atomic mass is 32.2. The number of piperidine rings is 1. The standard InChI is InChI=1S/C19H22N2S/c1-14-9-10-17-19(12-14)22-18-8-4-3-7-16(18)21(17)15-6-5-11-20(2)13-15/h3-4,7-10,12,15H,5-6,11,13H2,1-2H3. The highest BCUT2D eigenvalue weighted by Crippen LogP contribution is 2.49. The van der Waals surface area contributed by atoms with Crippen LogP contribution in [0.1, 0.15) is 18.4 Å². The first-order valence-electron chi connectivity index (χ1n) is 8.08. The number of para-hydroxylation sites is 1. The zero-order chi connectivity index (χ0) is 15.1. The van der Waals surface area contributed by atoms with Gasteiger partial charge in [-0.25, -0.2) is 0 Å². The molecule has 3 heteroatoms. The molecule has 1 unspecified atom stereocenters. The van der Waals surface area contributed by atoms with Crippen molar-refractivity contribution in [3.8, 4) is 0 Å². The molecule has 2 heterocycles. The highest BCUT2D eigenvalue weighted by molar-refractivity contribution is 7.99. The van der Waals surface area contributed by atoms with Crippen LogP contribution in [0.2, 0.25) is 0 Å². The molecule has 0 bridgehead atoms. The van der Waals surface area contributed by atoms with E-state index in [9.17, 15) is 0 Å². The Kier molecular flexibility index (Phi) is 3.63. The van der Waals surface area contributed by atoms with E-state index in [4.69, 9.17) is 0 Å². The van der Waals surface area contributed by atoms with Crippen molar-refractivity contribution in [1.82, 2.24) is 4.90 Å². The number of aryl methyl sites for hydroxylation is 1. The molecule has 2 aliphatic heterocycles. The molecule has 2 nitrogen and oxygen atoms in total. The summed E-state index contributed by atoms with van der Waals surface area (Å²) in [7, 11) is 2.24. The van der Waals surface area contributed by atoms with Crippen molar-refractivity contribution < 1.29 is 0 Å². The van der Waals surface area contributed by atoms with Crippen LogP contribution < -0.4 is 4.90 Å². The van der Waals surface area contributed by atoms with Crippen molar-refractivity contribution in [2.75, 3.05) is 25.0 Å². The van der Waals surface area contributed by atoms with Gasteiger partial charge in [0.15, 0.2) is 0 Å². The predicted octanol–water partition coefficient (Wildman–Crippen LogP) is 4.69. The van der Waals surface area contributed by atoms with Crippen molar-refractivity contribution in [1.29, 1.82) is 0 Å². The van der Waals surface area contributed by atoms with Gasteiger partial charge in [-0.15, -0.1) is 0 Å². The largest absolute Gasteiger partial charge is 0.335 e. The SMILES string of the molecule is Cc1ccc2c(c1)Sc1ccccc1N2C1CCCN(C)C1. The first-order valence-corrected chi connectivity index (χ1v) is 8.89. The summed E-state index contributed by atoms with van der Waals surface area (Å²) in [5.41, 5.74) is 4.10. The van der Waals surface area contributed by atoms with Gasteiger partial charge in [0, 0.05) is 22.4 Å². The van der Waals surface area contributed by atoms with Gasteiger partial charge in [-0.05, 0) is 63.2 Å². The first-order chi connectivity index (χ1) is 10.7. The topological polar surface area (TPSA) is 6.48 Å². The molecule has 1 saturated heterocycles. The zero-order valence-corrected chi connectivity index (χ0v) is 14.1.